The second-order valence-electron chi connectivity index (χ2n) is 13.7. The van der Waals surface area contributed by atoms with Crippen molar-refractivity contribution in [2.24, 2.45) is 0 Å². The molecule has 47 heavy (non-hydrogen) atoms. The smallest absolute Gasteiger partial charge is 0.250 e. The third-order valence-electron chi connectivity index (χ3n) is 10.8. The first-order valence-corrected chi connectivity index (χ1v) is 17.1. The van der Waals surface area contributed by atoms with Gasteiger partial charge in [-0.3, -0.25) is 14.6 Å². The lowest BCUT2D eigenvalue weighted by Crippen LogP contribution is -2.56. The van der Waals surface area contributed by atoms with Crippen LogP contribution in [0.3, 0.4) is 0 Å². The number of carbonyl (C=O) groups is 1. The van der Waals surface area contributed by atoms with E-state index in [9.17, 15) is 14.3 Å². The topological polar surface area (TPSA) is 50.3 Å². The van der Waals surface area contributed by atoms with Crippen LogP contribution in [0.4, 0.5) is 10.1 Å². The molecular formula is C39H55FN4O2S. The van der Waals surface area contributed by atoms with Crippen molar-refractivity contribution < 1.29 is 14.3 Å². The fraction of sp³-hybridized carbons (Fsp3) is 0.513. The molecule has 6 nitrogen and oxygen atoms in total. The standard InChI is InChI=1S/C39H53FN4O2.H2S/c1-7-8-20-42(23-33-12-10-9-11-13-33)24-36(45)25-43-27-44(35-16-14-34(40)15-17-35)39(38(43)46)18-21-41(22-19-39)26-37-31(5)29(3)28(2)30(4)32(37)6;/h9-17,36,45H,7-8,18-27H2,1-6H3;1H2/t36-;/m0./s1. The van der Waals surface area contributed by atoms with Crippen LogP contribution in [0.2, 0.25) is 0 Å². The molecule has 1 spiro atoms. The number of unbranched alkanes of at least 4 members (excludes halogenated alkanes) is 1. The van der Waals surface area contributed by atoms with E-state index in [1.54, 1.807) is 12.1 Å². The molecule has 2 saturated heterocycles. The molecular weight excluding hydrogens is 608 g/mol. The van der Waals surface area contributed by atoms with E-state index >= 15 is 0 Å². The summed E-state index contributed by atoms with van der Waals surface area (Å²) >= 11 is 0. The predicted molar refractivity (Wildman–Crippen MR) is 196 cm³/mol. The van der Waals surface area contributed by atoms with Crippen molar-refractivity contribution in [1.29, 1.82) is 0 Å². The van der Waals surface area contributed by atoms with Crippen LogP contribution in [-0.2, 0) is 17.9 Å². The van der Waals surface area contributed by atoms with Crippen LogP contribution in [0.25, 0.3) is 0 Å². The number of anilines is 1. The first kappa shape index (κ1) is 36.9. The lowest BCUT2D eigenvalue weighted by atomic mass is 9.84. The number of hydrogen-bond acceptors (Lipinski definition) is 5. The summed E-state index contributed by atoms with van der Waals surface area (Å²) in [7, 11) is 0. The van der Waals surface area contributed by atoms with Gasteiger partial charge in [0.1, 0.15) is 11.4 Å². The zero-order valence-corrected chi connectivity index (χ0v) is 30.3. The lowest BCUT2D eigenvalue weighted by Gasteiger charge is -2.43. The van der Waals surface area contributed by atoms with Gasteiger partial charge in [-0.2, -0.15) is 13.5 Å². The largest absolute Gasteiger partial charge is 0.390 e. The Bertz CT molecular complexity index is 1460. The van der Waals surface area contributed by atoms with Gasteiger partial charge in [-0.25, -0.2) is 4.39 Å². The van der Waals surface area contributed by atoms with Crippen LogP contribution in [0.5, 0.6) is 0 Å². The van der Waals surface area contributed by atoms with Crippen molar-refractivity contribution in [2.45, 2.75) is 92.0 Å². The minimum absolute atomic E-state index is 0. The summed E-state index contributed by atoms with van der Waals surface area (Å²) < 4.78 is 14.0. The highest BCUT2D eigenvalue weighted by Crippen LogP contribution is 2.40. The molecule has 0 radical (unpaired) electrons. The lowest BCUT2D eigenvalue weighted by molar-refractivity contribution is -0.135. The average Bonchev–Trinajstić information content (AvgIpc) is 3.31. The Morgan fingerprint density at radius 2 is 1.49 bits per heavy atom. The van der Waals surface area contributed by atoms with Crippen molar-refractivity contribution in [1.82, 2.24) is 14.7 Å². The molecule has 5 rings (SSSR count). The van der Waals surface area contributed by atoms with Crippen LogP contribution in [0.15, 0.2) is 54.6 Å². The molecule has 0 aliphatic carbocycles. The van der Waals surface area contributed by atoms with E-state index < -0.39 is 11.6 Å². The highest BCUT2D eigenvalue weighted by molar-refractivity contribution is 7.59. The van der Waals surface area contributed by atoms with Crippen molar-refractivity contribution >= 4 is 25.1 Å². The highest BCUT2D eigenvalue weighted by atomic mass is 32.1. The third kappa shape index (κ3) is 8.05. The van der Waals surface area contributed by atoms with Crippen LogP contribution >= 0.6 is 13.5 Å². The number of likely N-dealkylation sites (tertiary alicyclic amines) is 1. The number of aliphatic hydroxyl groups is 1. The summed E-state index contributed by atoms with van der Waals surface area (Å²) in [6.07, 6.45) is 2.85. The zero-order chi connectivity index (χ0) is 33.0. The van der Waals surface area contributed by atoms with Crippen molar-refractivity contribution in [2.75, 3.05) is 44.3 Å². The van der Waals surface area contributed by atoms with Crippen LogP contribution < -0.4 is 4.90 Å². The molecule has 0 unspecified atom stereocenters. The van der Waals surface area contributed by atoms with Crippen LogP contribution in [-0.4, -0.2) is 76.7 Å². The fourth-order valence-electron chi connectivity index (χ4n) is 7.54. The summed E-state index contributed by atoms with van der Waals surface area (Å²) in [5.74, 6) is -0.210. The normalized spacial score (nSPS) is 17.1. The van der Waals surface area contributed by atoms with E-state index in [0.717, 1.165) is 51.3 Å². The molecule has 8 heteroatoms. The molecule has 2 fully saturated rings. The van der Waals surface area contributed by atoms with Gasteiger partial charge >= 0.3 is 0 Å². The predicted octanol–water partition coefficient (Wildman–Crippen LogP) is 6.78. The number of benzene rings is 3. The van der Waals surface area contributed by atoms with Gasteiger partial charge in [0.15, 0.2) is 0 Å². The summed E-state index contributed by atoms with van der Waals surface area (Å²) in [5, 5.41) is 11.4. The van der Waals surface area contributed by atoms with Gasteiger partial charge in [-0.05, 0) is 124 Å². The average molecular weight is 663 g/mol. The van der Waals surface area contributed by atoms with E-state index in [-0.39, 0.29) is 31.8 Å². The van der Waals surface area contributed by atoms with Crippen LogP contribution in [0.1, 0.15) is 71.6 Å². The Balaban J connectivity index is 0.00000500. The minimum atomic E-state index is -0.705. The summed E-state index contributed by atoms with van der Waals surface area (Å²) in [4.78, 5) is 23.2. The van der Waals surface area contributed by atoms with Gasteiger partial charge in [0, 0.05) is 45.0 Å². The molecule has 2 aliphatic heterocycles. The monoisotopic (exact) mass is 662 g/mol. The first-order valence-electron chi connectivity index (χ1n) is 17.1. The maximum atomic E-state index is 14.4. The molecule has 1 amide bonds. The molecule has 2 aliphatic rings. The number of nitrogens with zero attached hydrogens (tertiary/aromatic N) is 4. The Morgan fingerprint density at radius 1 is 0.894 bits per heavy atom. The van der Waals surface area contributed by atoms with Crippen molar-refractivity contribution in [3.8, 4) is 0 Å². The Kier molecular flexibility index (Phi) is 12.6. The molecule has 0 aromatic heterocycles. The van der Waals surface area contributed by atoms with Gasteiger partial charge < -0.3 is 14.9 Å². The zero-order valence-electron chi connectivity index (χ0n) is 29.3. The maximum Gasteiger partial charge on any atom is 0.250 e. The first-order chi connectivity index (χ1) is 22.0. The van der Waals surface area contributed by atoms with Gasteiger partial charge in [0.2, 0.25) is 5.91 Å². The molecule has 256 valence electrons. The number of rotatable bonds is 12. The maximum absolute atomic E-state index is 14.4. The number of β-amino-alcohol motifs (C(OH)–C–C–N with tert-alkyl or cyclic N) is 1. The molecule has 0 bridgehead atoms. The summed E-state index contributed by atoms with van der Waals surface area (Å²) in [6.45, 7) is 18.6. The second-order valence-corrected chi connectivity index (χ2v) is 13.7. The number of piperidine rings is 1. The Hall–Kier alpha value is -2.91. The van der Waals surface area contributed by atoms with E-state index in [1.165, 1.54) is 51.1 Å². The number of amides is 1. The van der Waals surface area contributed by atoms with Crippen LogP contribution in [0, 0.1) is 40.4 Å². The number of halogens is 1. The van der Waals surface area contributed by atoms with Crippen molar-refractivity contribution in [3.05, 3.63) is 99.4 Å². The number of aliphatic hydroxyl groups excluding tert-OH is 1. The van der Waals surface area contributed by atoms with Crippen molar-refractivity contribution in [3.63, 3.8) is 0 Å². The molecule has 1 atom stereocenters. The molecule has 2 heterocycles. The summed E-state index contributed by atoms with van der Waals surface area (Å²) in [6, 6.07) is 16.9. The fourth-order valence-corrected chi connectivity index (χ4v) is 7.54. The highest BCUT2D eigenvalue weighted by Gasteiger charge is 2.54. The minimum Gasteiger partial charge on any atom is -0.390 e. The van der Waals surface area contributed by atoms with Gasteiger partial charge in [-0.1, -0.05) is 43.7 Å². The number of carbonyl (C=O) groups excluding carboxylic acids is 1. The van der Waals surface area contributed by atoms with E-state index in [4.69, 9.17) is 0 Å². The molecule has 0 saturated carbocycles. The van der Waals surface area contributed by atoms with E-state index in [0.29, 0.717) is 26.1 Å². The van der Waals surface area contributed by atoms with E-state index in [1.807, 2.05) is 23.1 Å². The Morgan fingerprint density at radius 3 is 2.09 bits per heavy atom. The second kappa shape index (κ2) is 16.0. The SMILES string of the molecule is CCCCN(Cc1ccccc1)C[C@H](O)CN1CN(c2ccc(F)cc2)C2(CCN(Cc3c(C)c(C)c(C)c(C)c3C)CC2)C1=O.S. The summed E-state index contributed by atoms with van der Waals surface area (Å²) in [5.41, 5.74) is 9.61. The number of hydrogen-bond donors (Lipinski definition) is 1. The van der Waals surface area contributed by atoms with Gasteiger partial charge in [-0.15, -0.1) is 0 Å². The molecule has 1 N–H and O–H groups in total. The van der Waals surface area contributed by atoms with Gasteiger partial charge in [0.05, 0.1) is 12.8 Å². The quantitative estimate of drug-likeness (QED) is 0.232. The Labute approximate surface area is 289 Å². The third-order valence-corrected chi connectivity index (χ3v) is 10.8. The molecule has 3 aromatic rings. The van der Waals surface area contributed by atoms with E-state index in [2.05, 4.69) is 68.4 Å². The van der Waals surface area contributed by atoms with Gasteiger partial charge in [0.25, 0.3) is 0 Å². The molecule has 3 aromatic carbocycles.